The van der Waals surface area contributed by atoms with Crippen molar-refractivity contribution < 1.29 is 4.74 Å². The smallest absolute Gasteiger partial charge is 0.251 e. The summed E-state index contributed by atoms with van der Waals surface area (Å²) in [6.07, 6.45) is 4.80. The predicted octanol–water partition coefficient (Wildman–Crippen LogP) is 2.56. The number of aromatic nitrogens is 1. The van der Waals surface area contributed by atoms with Crippen LogP contribution in [-0.4, -0.2) is 35.8 Å². The molecule has 1 atom stereocenters. The number of hydrogen-bond acceptors (Lipinski definition) is 3. The molecule has 1 aromatic carbocycles. The van der Waals surface area contributed by atoms with Crippen molar-refractivity contribution >= 4 is 10.9 Å². The molecule has 0 N–H and O–H groups in total. The summed E-state index contributed by atoms with van der Waals surface area (Å²) in [5.41, 5.74) is 3.76. The zero-order valence-electron chi connectivity index (χ0n) is 13.8. The highest BCUT2D eigenvalue weighted by Crippen LogP contribution is 2.26. The zero-order valence-corrected chi connectivity index (χ0v) is 13.8. The molecular weight excluding hydrogens is 288 g/mol. The summed E-state index contributed by atoms with van der Waals surface area (Å²) < 4.78 is 7.69. The molecule has 1 aromatic heterocycles. The number of pyridine rings is 1. The van der Waals surface area contributed by atoms with Crippen molar-refractivity contribution in [1.82, 2.24) is 9.47 Å². The first-order chi connectivity index (χ1) is 11.2. The van der Waals surface area contributed by atoms with Crippen molar-refractivity contribution in [3.63, 3.8) is 0 Å². The van der Waals surface area contributed by atoms with E-state index in [4.69, 9.17) is 4.74 Å². The number of ether oxygens (including phenoxy) is 1. The summed E-state index contributed by atoms with van der Waals surface area (Å²) in [4.78, 5) is 14.8. The average molecular weight is 312 g/mol. The SMILES string of the molecule is CN(Cc1cc(=O)n2c3c(cccc13)CCC2)C[C@H]1CCCO1. The van der Waals surface area contributed by atoms with Crippen LogP contribution < -0.4 is 5.56 Å². The van der Waals surface area contributed by atoms with Gasteiger partial charge < -0.3 is 9.30 Å². The van der Waals surface area contributed by atoms with E-state index >= 15 is 0 Å². The molecule has 1 saturated heterocycles. The Balaban J connectivity index is 1.67. The number of hydrogen-bond donors (Lipinski definition) is 0. The Labute approximate surface area is 136 Å². The fourth-order valence-corrected chi connectivity index (χ4v) is 4.06. The third kappa shape index (κ3) is 2.81. The average Bonchev–Trinajstić information content (AvgIpc) is 3.05. The van der Waals surface area contributed by atoms with Crippen molar-refractivity contribution in [2.24, 2.45) is 0 Å². The van der Waals surface area contributed by atoms with Gasteiger partial charge in [-0.1, -0.05) is 18.2 Å². The molecule has 0 amide bonds. The van der Waals surface area contributed by atoms with Gasteiger partial charge in [0, 0.05) is 37.7 Å². The molecule has 4 heteroatoms. The maximum atomic E-state index is 12.5. The molecule has 2 aromatic rings. The van der Waals surface area contributed by atoms with Crippen LogP contribution in [0.5, 0.6) is 0 Å². The van der Waals surface area contributed by atoms with Crippen LogP contribution in [0.15, 0.2) is 29.1 Å². The molecule has 4 rings (SSSR count). The topological polar surface area (TPSA) is 34.5 Å². The molecule has 1 fully saturated rings. The Morgan fingerprint density at radius 3 is 3.09 bits per heavy atom. The molecule has 0 aliphatic carbocycles. The summed E-state index contributed by atoms with van der Waals surface area (Å²) in [5.74, 6) is 0. The predicted molar refractivity (Wildman–Crippen MR) is 91.8 cm³/mol. The first-order valence-electron chi connectivity index (χ1n) is 8.67. The van der Waals surface area contributed by atoms with E-state index in [9.17, 15) is 4.79 Å². The van der Waals surface area contributed by atoms with Crippen molar-refractivity contribution in [1.29, 1.82) is 0 Å². The van der Waals surface area contributed by atoms with E-state index in [0.29, 0.717) is 6.10 Å². The van der Waals surface area contributed by atoms with E-state index in [0.717, 1.165) is 56.6 Å². The van der Waals surface area contributed by atoms with E-state index < -0.39 is 0 Å². The third-order valence-electron chi connectivity index (χ3n) is 5.11. The third-order valence-corrected chi connectivity index (χ3v) is 5.11. The van der Waals surface area contributed by atoms with E-state index in [1.165, 1.54) is 17.4 Å². The highest BCUT2D eigenvalue weighted by Gasteiger charge is 2.20. The second kappa shape index (κ2) is 6.10. The normalized spacial score (nSPS) is 20.5. The van der Waals surface area contributed by atoms with Crippen molar-refractivity contribution in [3.8, 4) is 0 Å². The second-order valence-electron chi connectivity index (χ2n) is 6.91. The highest BCUT2D eigenvalue weighted by molar-refractivity contribution is 5.86. The van der Waals surface area contributed by atoms with Crippen LogP contribution in [0.4, 0.5) is 0 Å². The minimum atomic E-state index is 0.144. The summed E-state index contributed by atoms with van der Waals surface area (Å²) in [5, 5.41) is 1.24. The van der Waals surface area contributed by atoms with Crippen LogP contribution in [0.1, 0.15) is 30.4 Å². The van der Waals surface area contributed by atoms with E-state index in [2.05, 4.69) is 30.1 Å². The summed E-state index contributed by atoms with van der Waals surface area (Å²) in [7, 11) is 2.12. The molecule has 2 aliphatic rings. The molecule has 0 radical (unpaired) electrons. The lowest BCUT2D eigenvalue weighted by atomic mass is 9.98. The summed E-state index contributed by atoms with van der Waals surface area (Å²) in [6, 6.07) is 8.29. The minimum absolute atomic E-state index is 0.144. The van der Waals surface area contributed by atoms with E-state index in [1.54, 1.807) is 0 Å². The summed E-state index contributed by atoms with van der Waals surface area (Å²) >= 11 is 0. The number of nitrogens with zero attached hydrogens (tertiary/aromatic N) is 2. The maximum Gasteiger partial charge on any atom is 0.251 e. The van der Waals surface area contributed by atoms with Crippen LogP contribution in [0.25, 0.3) is 10.9 Å². The van der Waals surface area contributed by atoms with Crippen molar-refractivity contribution in [2.75, 3.05) is 20.2 Å². The van der Waals surface area contributed by atoms with Gasteiger partial charge in [0.15, 0.2) is 0 Å². The number of likely N-dealkylation sites (N-methyl/N-ethyl adjacent to an activating group) is 1. The van der Waals surface area contributed by atoms with Gasteiger partial charge in [-0.3, -0.25) is 9.69 Å². The number of para-hydroxylation sites is 1. The molecule has 2 aliphatic heterocycles. The van der Waals surface area contributed by atoms with Crippen LogP contribution in [-0.2, 0) is 24.2 Å². The molecule has 0 bridgehead atoms. The molecule has 0 saturated carbocycles. The fourth-order valence-electron chi connectivity index (χ4n) is 4.06. The van der Waals surface area contributed by atoms with Crippen LogP contribution in [0.2, 0.25) is 0 Å². The van der Waals surface area contributed by atoms with Gasteiger partial charge in [0.25, 0.3) is 5.56 Å². The molecule has 3 heterocycles. The van der Waals surface area contributed by atoms with Gasteiger partial charge in [0.05, 0.1) is 11.6 Å². The lowest BCUT2D eigenvalue weighted by Gasteiger charge is -2.24. The van der Waals surface area contributed by atoms with Gasteiger partial charge in [-0.2, -0.15) is 0 Å². The molecular formula is C19H24N2O2. The van der Waals surface area contributed by atoms with Gasteiger partial charge in [-0.05, 0) is 43.9 Å². The monoisotopic (exact) mass is 312 g/mol. The fraction of sp³-hybridized carbons (Fsp3) is 0.526. The van der Waals surface area contributed by atoms with Gasteiger partial charge >= 0.3 is 0 Å². The lowest BCUT2D eigenvalue weighted by Crippen LogP contribution is -2.30. The van der Waals surface area contributed by atoms with Gasteiger partial charge in [-0.25, -0.2) is 0 Å². The molecule has 23 heavy (non-hydrogen) atoms. The maximum absolute atomic E-state index is 12.5. The Morgan fingerprint density at radius 2 is 2.26 bits per heavy atom. The van der Waals surface area contributed by atoms with Gasteiger partial charge in [0.2, 0.25) is 0 Å². The molecule has 122 valence electrons. The Hall–Kier alpha value is -1.65. The first kappa shape index (κ1) is 14.9. The number of rotatable bonds is 4. The highest BCUT2D eigenvalue weighted by atomic mass is 16.5. The number of aryl methyl sites for hydroxylation is 2. The quantitative estimate of drug-likeness (QED) is 0.870. The lowest BCUT2D eigenvalue weighted by molar-refractivity contribution is 0.0794. The summed E-state index contributed by atoms with van der Waals surface area (Å²) in [6.45, 7) is 3.47. The van der Waals surface area contributed by atoms with Crippen molar-refractivity contribution in [2.45, 2.75) is 44.9 Å². The van der Waals surface area contributed by atoms with Crippen LogP contribution >= 0.6 is 0 Å². The van der Waals surface area contributed by atoms with Gasteiger partial charge in [0.1, 0.15) is 0 Å². The standard InChI is InChI=1S/C19H24N2O2/c1-20(13-16-7-4-10-23-16)12-15-11-18(22)21-9-3-6-14-5-2-8-17(15)19(14)21/h2,5,8,11,16H,3-4,6-7,9-10,12-13H2,1H3/t16-/m1/s1. The van der Waals surface area contributed by atoms with Gasteiger partial charge in [-0.15, -0.1) is 0 Å². The van der Waals surface area contributed by atoms with E-state index in [-0.39, 0.29) is 5.56 Å². The molecule has 0 spiro atoms. The molecule has 0 unspecified atom stereocenters. The van der Waals surface area contributed by atoms with Crippen LogP contribution in [0, 0.1) is 0 Å². The zero-order chi connectivity index (χ0) is 15.8. The first-order valence-corrected chi connectivity index (χ1v) is 8.67. The minimum Gasteiger partial charge on any atom is -0.377 e. The Morgan fingerprint density at radius 1 is 1.35 bits per heavy atom. The molecule has 4 nitrogen and oxygen atoms in total. The van der Waals surface area contributed by atoms with Crippen LogP contribution in [0.3, 0.4) is 0 Å². The number of benzene rings is 1. The Bertz CT molecular complexity index is 775. The van der Waals surface area contributed by atoms with E-state index in [1.807, 2.05) is 10.6 Å². The van der Waals surface area contributed by atoms with Crippen molar-refractivity contribution in [3.05, 3.63) is 45.7 Å². The second-order valence-corrected chi connectivity index (χ2v) is 6.91. The Kier molecular flexibility index (Phi) is 3.95. The largest absolute Gasteiger partial charge is 0.377 e.